The highest BCUT2D eigenvalue weighted by Gasteiger charge is 2.38. The second-order valence-corrected chi connectivity index (χ2v) is 17.9. The summed E-state index contributed by atoms with van der Waals surface area (Å²) in [6, 6.07) is 2.33. The standard InChI is InChI=1S/C18H42O2Si2/c1-11-13-17(3,4)15-21(7,8)19-20-22(9,10)16-18(5,6)14-12-2/h11-16H2,1-10H3. The van der Waals surface area contributed by atoms with Crippen LogP contribution in [-0.2, 0) is 9.15 Å². The van der Waals surface area contributed by atoms with Gasteiger partial charge in [0.1, 0.15) is 0 Å². The van der Waals surface area contributed by atoms with Crippen LogP contribution in [-0.4, -0.2) is 16.6 Å². The Morgan fingerprint density at radius 1 is 0.636 bits per heavy atom. The molecule has 22 heavy (non-hydrogen) atoms. The van der Waals surface area contributed by atoms with Gasteiger partial charge < -0.3 is 0 Å². The van der Waals surface area contributed by atoms with Crippen LogP contribution in [0.4, 0.5) is 0 Å². The maximum absolute atomic E-state index is 6.10. The molecule has 0 fully saturated rings. The summed E-state index contributed by atoms with van der Waals surface area (Å²) in [6.07, 6.45) is 5.00. The topological polar surface area (TPSA) is 18.5 Å². The van der Waals surface area contributed by atoms with Crippen LogP contribution >= 0.6 is 0 Å². The van der Waals surface area contributed by atoms with E-state index in [4.69, 9.17) is 9.15 Å². The lowest BCUT2D eigenvalue weighted by Crippen LogP contribution is -2.43. The van der Waals surface area contributed by atoms with Gasteiger partial charge in [-0.2, -0.15) is 0 Å². The van der Waals surface area contributed by atoms with Gasteiger partial charge in [-0.05, 0) is 61.9 Å². The number of hydrogen-bond acceptors (Lipinski definition) is 2. The van der Waals surface area contributed by atoms with Crippen molar-refractivity contribution in [1.29, 1.82) is 0 Å². The van der Waals surface area contributed by atoms with Gasteiger partial charge in [-0.25, -0.2) is 0 Å². The molecule has 0 rings (SSSR count). The number of rotatable bonds is 11. The van der Waals surface area contributed by atoms with E-state index in [1.807, 2.05) is 0 Å². The van der Waals surface area contributed by atoms with E-state index in [1.54, 1.807) is 0 Å². The summed E-state index contributed by atoms with van der Waals surface area (Å²) < 4.78 is 12.2. The molecule has 2 nitrogen and oxygen atoms in total. The van der Waals surface area contributed by atoms with Crippen molar-refractivity contribution >= 4 is 16.6 Å². The summed E-state index contributed by atoms with van der Waals surface area (Å²) in [5, 5.41) is 0. The normalized spacial score (nSPS) is 14.5. The van der Waals surface area contributed by atoms with Crippen molar-refractivity contribution in [3.8, 4) is 0 Å². The first-order chi connectivity index (χ1) is 9.74. The molecule has 4 heteroatoms. The molecule has 0 aliphatic carbocycles. The fraction of sp³-hybridized carbons (Fsp3) is 1.00. The Balaban J connectivity index is 4.56. The number of hydrogen-bond donors (Lipinski definition) is 0. The average Bonchev–Trinajstić information content (AvgIpc) is 2.23. The molecule has 0 radical (unpaired) electrons. The van der Waals surface area contributed by atoms with Crippen LogP contribution in [0.5, 0.6) is 0 Å². The van der Waals surface area contributed by atoms with Crippen LogP contribution in [0.3, 0.4) is 0 Å². The fourth-order valence-corrected chi connectivity index (χ4v) is 11.0. The third-order valence-electron chi connectivity index (χ3n) is 4.15. The Bertz CT molecular complexity index is 291. The van der Waals surface area contributed by atoms with Crippen LogP contribution < -0.4 is 0 Å². The summed E-state index contributed by atoms with van der Waals surface area (Å²) >= 11 is 0. The van der Waals surface area contributed by atoms with Crippen LogP contribution in [0.2, 0.25) is 38.3 Å². The Labute approximate surface area is 142 Å². The molecule has 134 valence electrons. The van der Waals surface area contributed by atoms with Crippen molar-refractivity contribution in [2.45, 2.75) is 106 Å². The van der Waals surface area contributed by atoms with E-state index < -0.39 is 16.6 Å². The Kier molecular flexibility index (Phi) is 8.59. The van der Waals surface area contributed by atoms with Gasteiger partial charge in [-0.3, -0.25) is 9.15 Å². The molecule has 0 spiro atoms. The lowest BCUT2D eigenvalue weighted by molar-refractivity contribution is -0.128. The van der Waals surface area contributed by atoms with Gasteiger partial charge in [0.2, 0.25) is 16.6 Å². The second-order valence-electron chi connectivity index (χ2n) is 9.87. The van der Waals surface area contributed by atoms with E-state index in [9.17, 15) is 0 Å². The monoisotopic (exact) mass is 346 g/mol. The van der Waals surface area contributed by atoms with Crippen molar-refractivity contribution < 1.29 is 9.15 Å². The Morgan fingerprint density at radius 2 is 0.909 bits per heavy atom. The predicted octanol–water partition coefficient (Wildman–Crippen LogP) is 7.00. The second kappa shape index (κ2) is 8.45. The molecular weight excluding hydrogens is 304 g/mol. The molecule has 0 N–H and O–H groups in total. The van der Waals surface area contributed by atoms with Crippen molar-refractivity contribution in [2.75, 3.05) is 0 Å². The summed E-state index contributed by atoms with van der Waals surface area (Å²) in [7, 11) is -3.53. The minimum absolute atomic E-state index is 0.362. The minimum atomic E-state index is -1.77. The molecule has 0 aromatic carbocycles. The summed E-state index contributed by atoms with van der Waals surface area (Å²) in [5.74, 6) is 0. The molecular formula is C18H42O2Si2. The predicted molar refractivity (Wildman–Crippen MR) is 104 cm³/mol. The summed E-state index contributed by atoms with van der Waals surface area (Å²) in [5.41, 5.74) is 0.724. The largest absolute Gasteiger partial charge is 0.298 e. The maximum Gasteiger partial charge on any atom is 0.231 e. The fourth-order valence-electron chi connectivity index (χ4n) is 4.12. The van der Waals surface area contributed by atoms with Crippen molar-refractivity contribution in [1.82, 2.24) is 0 Å². The molecule has 0 saturated heterocycles. The van der Waals surface area contributed by atoms with Crippen LogP contribution in [0.1, 0.15) is 67.2 Å². The first-order valence-corrected chi connectivity index (χ1v) is 15.3. The highest BCUT2D eigenvalue weighted by atomic mass is 28.4. The quantitative estimate of drug-likeness (QED) is 0.228. The minimum Gasteiger partial charge on any atom is -0.298 e. The highest BCUT2D eigenvalue weighted by molar-refractivity contribution is 6.74. The van der Waals surface area contributed by atoms with Gasteiger partial charge in [0.05, 0.1) is 0 Å². The smallest absolute Gasteiger partial charge is 0.231 e. The van der Waals surface area contributed by atoms with Crippen molar-refractivity contribution in [2.24, 2.45) is 10.8 Å². The molecule has 0 atom stereocenters. The summed E-state index contributed by atoms with van der Waals surface area (Å²) in [6.45, 7) is 23.2. The van der Waals surface area contributed by atoms with E-state index in [0.29, 0.717) is 10.8 Å². The molecule has 0 aromatic heterocycles. The first-order valence-electron chi connectivity index (χ1n) is 9.11. The Morgan fingerprint density at radius 3 is 1.14 bits per heavy atom. The van der Waals surface area contributed by atoms with Crippen LogP contribution in [0.15, 0.2) is 0 Å². The maximum atomic E-state index is 6.10. The molecule has 0 bridgehead atoms. The SMILES string of the molecule is CCCC(C)(C)C[Si](C)(C)OO[Si](C)(C)CC(C)(C)CCC. The molecule has 0 aliphatic rings. The Hall–Kier alpha value is 0.354. The van der Waals surface area contributed by atoms with E-state index in [2.05, 4.69) is 67.7 Å². The molecule has 0 heterocycles. The van der Waals surface area contributed by atoms with E-state index in [1.165, 1.54) is 25.7 Å². The van der Waals surface area contributed by atoms with E-state index in [-0.39, 0.29) is 0 Å². The first kappa shape index (κ1) is 22.4. The highest BCUT2D eigenvalue weighted by Crippen LogP contribution is 2.36. The van der Waals surface area contributed by atoms with E-state index in [0.717, 1.165) is 12.1 Å². The van der Waals surface area contributed by atoms with Gasteiger partial charge >= 0.3 is 0 Å². The zero-order valence-electron chi connectivity index (χ0n) is 17.1. The van der Waals surface area contributed by atoms with Crippen LogP contribution in [0, 0.1) is 10.8 Å². The van der Waals surface area contributed by atoms with E-state index >= 15 is 0 Å². The molecule has 0 aliphatic heterocycles. The zero-order chi connectivity index (χ0) is 17.7. The zero-order valence-corrected chi connectivity index (χ0v) is 19.1. The third-order valence-corrected chi connectivity index (χ3v) is 9.01. The molecule has 0 unspecified atom stereocenters. The van der Waals surface area contributed by atoms with Crippen LogP contribution in [0.25, 0.3) is 0 Å². The van der Waals surface area contributed by atoms with Crippen molar-refractivity contribution in [3.63, 3.8) is 0 Å². The van der Waals surface area contributed by atoms with Gasteiger partial charge in [-0.1, -0.05) is 54.4 Å². The molecule has 0 aromatic rings. The average molecular weight is 347 g/mol. The van der Waals surface area contributed by atoms with Gasteiger partial charge in [0.25, 0.3) is 0 Å². The molecule has 0 amide bonds. The third kappa shape index (κ3) is 10.2. The lowest BCUT2D eigenvalue weighted by Gasteiger charge is -2.37. The van der Waals surface area contributed by atoms with Crippen molar-refractivity contribution in [3.05, 3.63) is 0 Å². The van der Waals surface area contributed by atoms with Gasteiger partial charge in [-0.15, -0.1) is 0 Å². The molecule has 0 saturated carbocycles. The lowest BCUT2D eigenvalue weighted by atomic mass is 9.91. The van der Waals surface area contributed by atoms with Gasteiger partial charge in [0, 0.05) is 0 Å². The van der Waals surface area contributed by atoms with Gasteiger partial charge in [0.15, 0.2) is 0 Å². The summed E-state index contributed by atoms with van der Waals surface area (Å²) in [4.78, 5) is 0.